The number of benzene rings is 4. The van der Waals surface area contributed by atoms with E-state index in [0.29, 0.717) is 16.9 Å². The van der Waals surface area contributed by atoms with E-state index in [1.54, 1.807) is 60.7 Å². The van der Waals surface area contributed by atoms with E-state index in [0.717, 1.165) is 10.5 Å². The predicted octanol–water partition coefficient (Wildman–Crippen LogP) is 6.31. The van der Waals surface area contributed by atoms with Crippen LogP contribution in [0.2, 0.25) is 0 Å². The molecule has 3 N–H and O–H groups in total. The van der Waals surface area contributed by atoms with Crippen molar-refractivity contribution < 1.29 is 24.3 Å². The molecule has 0 aliphatic rings. The van der Waals surface area contributed by atoms with Crippen molar-refractivity contribution in [3.8, 4) is 0 Å². The van der Waals surface area contributed by atoms with E-state index in [-0.39, 0.29) is 22.8 Å². The lowest BCUT2D eigenvalue weighted by Gasteiger charge is -2.17. The summed E-state index contributed by atoms with van der Waals surface area (Å²) in [5.74, 6) is -1.98. The maximum absolute atomic E-state index is 13.3. The Morgan fingerprint density at radius 1 is 0.684 bits per heavy atom. The minimum Gasteiger partial charge on any atom is -0.478 e. The summed E-state index contributed by atoms with van der Waals surface area (Å²) in [5.41, 5.74) is 2.45. The van der Waals surface area contributed by atoms with Gasteiger partial charge in [0.05, 0.1) is 11.1 Å². The van der Waals surface area contributed by atoms with Gasteiger partial charge >= 0.3 is 5.97 Å². The quantitative estimate of drug-likeness (QED) is 0.175. The van der Waals surface area contributed by atoms with E-state index in [4.69, 9.17) is 0 Å². The molecule has 2 amide bonds. The van der Waals surface area contributed by atoms with Gasteiger partial charge in [-0.05, 0) is 73.2 Å². The van der Waals surface area contributed by atoms with Crippen LogP contribution in [-0.2, 0) is 4.79 Å². The van der Waals surface area contributed by atoms with E-state index in [9.17, 15) is 24.3 Å². The fraction of sp³-hybridized carbons (Fsp3) is 0.0667. The molecule has 0 spiro atoms. The topological polar surface area (TPSA) is 113 Å². The molecule has 0 fully saturated rings. The molecule has 7 nitrogen and oxygen atoms in total. The Hall–Kier alpha value is -4.69. The Morgan fingerprint density at radius 2 is 1.24 bits per heavy atom. The highest BCUT2D eigenvalue weighted by Gasteiger charge is 2.22. The van der Waals surface area contributed by atoms with E-state index >= 15 is 0 Å². The van der Waals surface area contributed by atoms with Crippen molar-refractivity contribution in [2.45, 2.75) is 17.1 Å². The number of carbonyl (C=O) groups excluding carboxylic acids is 3. The number of nitrogens with one attached hydrogen (secondary N) is 2. The van der Waals surface area contributed by atoms with Gasteiger partial charge in [-0.2, -0.15) is 0 Å². The molecule has 1 atom stereocenters. The summed E-state index contributed by atoms with van der Waals surface area (Å²) in [6.07, 6.45) is 0. The summed E-state index contributed by atoms with van der Waals surface area (Å²) in [4.78, 5) is 49.7. The molecule has 0 radical (unpaired) electrons. The van der Waals surface area contributed by atoms with Crippen molar-refractivity contribution >= 4 is 46.7 Å². The van der Waals surface area contributed by atoms with Gasteiger partial charge in [-0.15, -0.1) is 11.8 Å². The van der Waals surface area contributed by atoms with Crippen molar-refractivity contribution in [1.29, 1.82) is 0 Å². The molecule has 1 unspecified atom stereocenters. The third-order valence-electron chi connectivity index (χ3n) is 5.67. The van der Waals surface area contributed by atoms with E-state index in [1.807, 2.05) is 30.3 Å². The Balaban J connectivity index is 1.49. The Morgan fingerprint density at radius 3 is 1.84 bits per heavy atom. The molecule has 0 bridgehead atoms. The molecule has 0 aromatic heterocycles. The molecule has 0 saturated carbocycles. The standard InChI is InChI=1S/C30H24N2O5S/c1-19(33)20-11-13-22(14-12-20)32-29(35)27(21-7-3-2-4-8-21)38-24-17-15-23(16-18-24)31-28(34)25-9-5-6-10-26(25)30(36)37/h2-18,27H,1H3,(H,31,34)(H,32,35)(H,36,37). The van der Waals surface area contributed by atoms with E-state index in [2.05, 4.69) is 10.6 Å². The van der Waals surface area contributed by atoms with Gasteiger partial charge in [0, 0.05) is 21.8 Å². The lowest BCUT2D eigenvalue weighted by atomic mass is 10.1. The van der Waals surface area contributed by atoms with Crippen LogP contribution in [0.15, 0.2) is 108 Å². The third-order valence-corrected chi connectivity index (χ3v) is 6.93. The van der Waals surface area contributed by atoms with Crippen LogP contribution in [-0.4, -0.2) is 28.7 Å². The Kier molecular flexibility index (Phi) is 8.35. The second kappa shape index (κ2) is 12.0. The van der Waals surface area contributed by atoms with E-state index < -0.39 is 17.1 Å². The highest BCUT2D eigenvalue weighted by Crippen LogP contribution is 2.36. The molecule has 4 rings (SSSR count). The number of carbonyl (C=O) groups is 4. The average molecular weight is 525 g/mol. The number of Topliss-reactive ketones (excluding diaryl/α,β-unsaturated/α-hetero) is 1. The summed E-state index contributed by atoms with van der Waals surface area (Å²) in [6.45, 7) is 1.49. The Labute approximate surface area is 223 Å². The normalized spacial score (nSPS) is 11.3. The lowest BCUT2D eigenvalue weighted by Crippen LogP contribution is -2.19. The monoisotopic (exact) mass is 524 g/mol. The fourth-order valence-corrected chi connectivity index (χ4v) is 4.74. The van der Waals surface area contributed by atoms with Gasteiger partial charge in [-0.25, -0.2) is 4.79 Å². The van der Waals surface area contributed by atoms with Gasteiger partial charge in [0.25, 0.3) is 5.91 Å². The molecule has 38 heavy (non-hydrogen) atoms. The molecule has 4 aromatic rings. The largest absolute Gasteiger partial charge is 0.478 e. The number of amides is 2. The number of hydrogen-bond donors (Lipinski definition) is 3. The molecule has 8 heteroatoms. The molecule has 0 heterocycles. The van der Waals surface area contributed by atoms with Gasteiger partial charge in [-0.3, -0.25) is 14.4 Å². The molecule has 0 aliphatic carbocycles. The summed E-state index contributed by atoms with van der Waals surface area (Å²) in [7, 11) is 0. The lowest BCUT2D eigenvalue weighted by molar-refractivity contribution is -0.115. The number of rotatable bonds is 9. The van der Waals surface area contributed by atoms with Gasteiger partial charge in [-0.1, -0.05) is 42.5 Å². The Bertz CT molecular complexity index is 1470. The molecule has 0 aliphatic heterocycles. The first kappa shape index (κ1) is 26.4. The van der Waals surface area contributed by atoms with Crippen LogP contribution >= 0.6 is 11.8 Å². The maximum atomic E-state index is 13.3. The number of thioether (sulfide) groups is 1. The summed E-state index contributed by atoms with van der Waals surface area (Å²) < 4.78 is 0. The average Bonchev–Trinajstić information content (AvgIpc) is 2.93. The van der Waals surface area contributed by atoms with Gasteiger partial charge < -0.3 is 15.7 Å². The minimum atomic E-state index is -1.18. The molecule has 190 valence electrons. The maximum Gasteiger partial charge on any atom is 0.336 e. The zero-order valence-electron chi connectivity index (χ0n) is 20.4. The first-order chi connectivity index (χ1) is 18.3. The van der Waals surface area contributed by atoms with Crippen LogP contribution in [0.1, 0.15) is 48.8 Å². The second-order valence-electron chi connectivity index (χ2n) is 8.36. The number of carboxylic acid groups (broad SMARTS) is 1. The molecular weight excluding hydrogens is 500 g/mol. The first-order valence-corrected chi connectivity index (χ1v) is 12.6. The van der Waals surface area contributed by atoms with Crippen molar-refractivity contribution in [1.82, 2.24) is 0 Å². The van der Waals surface area contributed by atoms with Gasteiger partial charge in [0.2, 0.25) is 5.91 Å². The van der Waals surface area contributed by atoms with E-state index in [1.165, 1.54) is 30.8 Å². The summed E-state index contributed by atoms with van der Waals surface area (Å²) in [6, 6.07) is 29.1. The van der Waals surface area contributed by atoms with Crippen LogP contribution in [0.25, 0.3) is 0 Å². The predicted molar refractivity (Wildman–Crippen MR) is 148 cm³/mol. The van der Waals surface area contributed by atoms with Gasteiger partial charge in [0.15, 0.2) is 5.78 Å². The smallest absolute Gasteiger partial charge is 0.336 e. The highest BCUT2D eigenvalue weighted by molar-refractivity contribution is 8.00. The minimum absolute atomic E-state index is 0.0497. The first-order valence-electron chi connectivity index (χ1n) is 11.7. The second-order valence-corrected chi connectivity index (χ2v) is 9.54. The molecule has 4 aromatic carbocycles. The van der Waals surface area contributed by atoms with Crippen LogP contribution in [0.3, 0.4) is 0 Å². The fourth-order valence-electron chi connectivity index (χ4n) is 3.72. The summed E-state index contributed by atoms with van der Waals surface area (Å²) in [5, 5.41) is 14.4. The third kappa shape index (κ3) is 6.54. The van der Waals surface area contributed by atoms with Crippen molar-refractivity contribution in [2.24, 2.45) is 0 Å². The number of carboxylic acids is 1. The zero-order valence-corrected chi connectivity index (χ0v) is 21.2. The van der Waals surface area contributed by atoms with Crippen LogP contribution in [0, 0.1) is 0 Å². The van der Waals surface area contributed by atoms with Crippen molar-refractivity contribution in [3.63, 3.8) is 0 Å². The van der Waals surface area contributed by atoms with Crippen molar-refractivity contribution in [3.05, 3.63) is 125 Å². The van der Waals surface area contributed by atoms with Crippen LogP contribution in [0.5, 0.6) is 0 Å². The molecule has 0 saturated heterocycles. The highest BCUT2D eigenvalue weighted by atomic mass is 32.2. The summed E-state index contributed by atoms with van der Waals surface area (Å²) >= 11 is 1.35. The van der Waals surface area contributed by atoms with Gasteiger partial charge in [0.1, 0.15) is 5.25 Å². The number of aromatic carboxylic acids is 1. The SMILES string of the molecule is CC(=O)c1ccc(NC(=O)C(Sc2ccc(NC(=O)c3ccccc3C(=O)O)cc2)c2ccccc2)cc1. The number of anilines is 2. The zero-order chi connectivity index (χ0) is 27.1. The number of hydrogen-bond acceptors (Lipinski definition) is 5. The van der Waals surface area contributed by atoms with Crippen LogP contribution in [0.4, 0.5) is 11.4 Å². The number of ketones is 1. The van der Waals surface area contributed by atoms with Crippen LogP contribution < -0.4 is 10.6 Å². The van der Waals surface area contributed by atoms with Crippen molar-refractivity contribution in [2.75, 3.05) is 10.6 Å². The molecular formula is C30H24N2O5S.